The Kier molecular flexibility index (Phi) is 2.42. The molecule has 2 heterocycles. The standard InChI is InChI=1S/C7H9N7O/c1-14-4-10-7(13-14)15-5-2-3-9-6(11-5)12-8/h2-4H,8H2,1H3,(H,9,11,12). The van der Waals surface area contributed by atoms with Crippen LogP contribution < -0.4 is 16.0 Å². The van der Waals surface area contributed by atoms with E-state index in [9.17, 15) is 0 Å². The largest absolute Gasteiger partial charge is 0.404 e. The van der Waals surface area contributed by atoms with Crippen LogP contribution in [0.2, 0.25) is 0 Å². The zero-order valence-electron chi connectivity index (χ0n) is 7.95. The number of aryl methyl sites for hydroxylation is 1. The summed E-state index contributed by atoms with van der Waals surface area (Å²) in [7, 11) is 1.74. The van der Waals surface area contributed by atoms with Gasteiger partial charge in [0, 0.05) is 19.3 Å². The molecule has 0 aliphatic rings. The van der Waals surface area contributed by atoms with E-state index in [4.69, 9.17) is 10.6 Å². The average Bonchev–Trinajstić information content (AvgIpc) is 2.64. The van der Waals surface area contributed by atoms with Gasteiger partial charge in [-0.2, -0.15) is 9.97 Å². The Hall–Kier alpha value is -2.22. The molecular weight excluding hydrogens is 198 g/mol. The summed E-state index contributed by atoms with van der Waals surface area (Å²) in [4.78, 5) is 11.7. The zero-order valence-corrected chi connectivity index (χ0v) is 7.95. The van der Waals surface area contributed by atoms with Crippen LogP contribution in [0.4, 0.5) is 5.95 Å². The van der Waals surface area contributed by atoms with Crippen molar-refractivity contribution in [3.8, 4) is 11.9 Å². The van der Waals surface area contributed by atoms with Gasteiger partial charge in [-0.05, 0) is 0 Å². The van der Waals surface area contributed by atoms with Gasteiger partial charge in [0.25, 0.3) is 0 Å². The predicted molar refractivity (Wildman–Crippen MR) is 50.9 cm³/mol. The first-order chi connectivity index (χ1) is 7.28. The van der Waals surface area contributed by atoms with E-state index in [-0.39, 0.29) is 12.0 Å². The molecule has 0 aliphatic carbocycles. The van der Waals surface area contributed by atoms with Gasteiger partial charge in [0.2, 0.25) is 11.8 Å². The van der Waals surface area contributed by atoms with Crippen LogP contribution in [-0.2, 0) is 7.05 Å². The molecule has 15 heavy (non-hydrogen) atoms. The molecule has 8 nitrogen and oxygen atoms in total. The van der Waals surface area contributed by atoms with E-state index < -0.39 is 0 Å². The third-order valence-corrected chi connectivity index (χ3v) is 1.53. The van der Waals surface area contributed by atoms with Gasteiger partial charge >= 0.3 is 6.01 Å². The molecule has 0 spiro atoms. The Balaban J connectivity index is 2.16. The van der Waals surface area contributed by atoms with E-state index in [0.29, 0.717) is 5.88 Å². The summed E-state index contributed by atoms with van der Waals surface area (Å²) in [5.41, 5.74) is 2.31. The molecule has 0 unspecified atom stereocenters. The quantitative estimate of drug-likeness (QED) is 0.525. The summed E-state index contributed by atoms with van der Waals surface area (Å²) >= 11 is 0. The summed E-state index contributed by atoms with van der Waals surface area (Å²) in [6, 6.07) is 1.80. The maximum atomic E-state index is 5.25. The van der Waals surface area contributed by atoms with E-state index >= 15 is 0 Å². The van der Waals surface area contributed by atoms with E-state index in [1.807, 2.05) is 0 Å². The number of nitrogen functional groups attached to an aromatic ring is 1. The van der Waals surface area contributed by atoms with Crippen molar-refractivity contribution in [2.45, 2.75) is 0 Å². The van der Waals surface area contributed by atoms with Crippen molar-refractivity contribution in [3.05, 3.63) is 18.6 Å². The van der Waals surface area contributed by atoms with Crippen LogP contribution in [0.25, 0.3) is 0 Å². The number of nitrogens with one attached hydrogen (secondary N) is 1. The van der Waals surface area contributed by atoms with E-state index in [0.717, 1.165) is 0 Å². The van der Waals surface area contributed by atoms with Gasteiger partial charge in [0.1, 0.15) is 6.33 Å². The Morgan fingerprint density at radius 2 is 2.33 bits per heavy atom. The summed E-state index contributed by atoms with van der Waals surface area (Å²) in [6.07, 6.45) is 3.04. The summed E-state index contributed by atoms with van der Waals surface area (Å²) in [6.45, 7) is 0. The van der Waals surface area contributed by atoms with Gasteiger partial charge < -0.3 is 4.74 Å². The van der Waals surface area contributed by atoms with Crippen molar-refractivity contribution in [3.63, 3.8) is 0 Å². The first-order valence-corrected chi connectivity index (χ1v) is 4.11. The van der Waals surface area contributed by atoms with Crippen LogP contribution in [0, 0.1) is 0 Å². The van der Waals surface area contributed by atoms with Crippen molar-refractivity contribution in [1.29, 1.82) is 0 Å². The lowest BCUT2D eigenvalue weighted by molar-refractivity contribution is 0.422. The smallest absolute Gasteiger partial charge is 0.342 e. The van der Waals surface area contributed by atoms with Crippen molar-refractivity contribution in [2.75, 3.05) is 5.43 Å². The SMILES string of the molecule is Cn1cnc(Oc2ccnc(NN)n2)n1. The molecule has 8 heteroatoms. The summed E-state index contributed by atoms with van der Waals surface area (Å²) in [5.74, 6) is 5.74. The number of ether oxygens (including phenoxy) is 1. The highest BCUT2D eigenvalue weighted by Gasteiger charge is 2.03. The fourth-order valence-corrected chi connectivity index (χ4v) is 0.928. The van der Waals surface area contributed by atoms with Crippen LogP contribution in [0.3, 0.4) is 0 Å². The first-order valence-electron chi connectivity index (χ1n) is 4.11. The fraction of sp³-hybridized carbons (Fsp3) is 0.143. The number of nitrogens with two attached hydrogens (primary N) is 1. The highest BCUT2D eigenvalue weighted by molar-refractivity contribution is 5.26. The van der Waals surface area contributed by atoms with Crippen LogP contribution in [0.5, 0.6) is 11.9 Å². The van der Waals surface area contributed by atoms with Crippen LogP contribution in [0.1, 0.15) is 0 Å². The van der Waals surface area contributed by atoms with E-state index in [2.05, 4.69) is 25.5 Å². The number of nitrogens with zero attached hydrogens (tertiary/aromatic N) is 5. The van der Waals surface area contributed by atoms with Gasteiger partial charge in [-0.15, -0.1) is 5.10 Å². The number of aromatic nitrogens is 5. The maximum Gasteiger partial charge on any atom is 0.342 e. The van der Waals surface area contributed by atoms with Gasteiger partial charge in [0.15, 0.2) is 0 Å². The molecule has 0 aromatic carbocycles. The second-order valence-corrected chi connectivity index (χ2v) is 2.67. The molecule has 3 N–H and O–H groups in total. The Morgan fingerprint density at radius 3 is 3.00 bits per heavy atom. The zero-order chi connectivity index (χ0) is 10.7. The normalized spacial score (nSPS) is 10.0. The van der Waals surface area contributed by atoms with E-state index in [1.165, 1.54) is 17.2 Å². The minimum atomic E-state index is 0.221. The molecule has 0 amide bonds. The molecule has 2 rings (SSSR count). The molecule has 0 fully saturated rings. The highest BCUT2D eigenvalue weighted by atomic mass is 16.5. The molecule has 0 saturated heterocycles. The maximum absolute atomic E-state index is 5.25. The molecule has 78 valence electrons. The monoisotopic (exact) mass is 207 g/mol. The molecular formula is C7H9N7O. The molecule has 0 atom stereocenters. The lowest BCUT2D eigenvalue weighted by atomic mass is 10.6. The minimum Gasteiger partial charge on any atom is -0.404 e. The number of hydrogen-bond donors (Lipinski definition) is 2. The molecule has 0 radical (unpaired) electrons. The second kappa shape index (κ2) is 3.88. The van der Waals surface area contributed by atoms with E-state index in [1.54, 1.807) is 13.1 Å². The topological polar surface area (TPSA) is 104 Å². The molecule has 0 saturated carbocycles. The van der Waals surface area contributed by atoms with Gasteiger partial charge in [-0.25, -0.2) is 10.8 Å². The second-order valence-electron chi connectivity index (χ2n) is 2.67. The third kappa shape index (κ3) is 2.17. The lowest BCUT2D eigenvalue weighted by Crippen LogP contribution is -2.10. The van der Waals surface area contributed by atoms with Gasteiger partial charge in [-0.3, -0.25) is 10.1 Å². The van der Waals surface area contributed by atoms with Crippen molar-refractivity contribution in [2.24, 2.45) is 12.9 Å². The first kappa shape index (κ1) is 9.34. The predicted octanol–water partition coefficient (Wildman–Crippen LogP) is -0.317. The molecule has 2 aromatic rings. The summed E-state index contributed by atoms with van der Waals surface area (Å²) in [5, 5.41) is 3.93. The molecule has 0 aliphatic heterocycles. The van der Waals surface area contributed by atoms with Crippen LogP contribution in [-0.4, -0.2) is 24.7 Å². The number of anilines is 1. The molecule has 0 bridgehead atoms. The van der Waals surface area contributed by atoms with Gasteiger partial charge in [0.05, 0.1) is 0 Å². The Labute approximate surface area is 85.1 Å². The Morgan fingerprint density at radius 1 is 1.47 bits per heavy atom. The van der Waals surface area contributed by atoms with Crippen molar-refractivity contribution in [1.82, 2.24) is 24.7 Å². The summed E-state index contributed by atoms with van der Waals surface area (Å²) < 4.78 is 6.78. The third-order valence-electron chi connectivity index (χ3n) is 1.53. The minimum absolute atomic E-state index is 0.221. The highest BCUT2D eigenvalue weighted by Crippen LogP contribution is 2.14. The van der Waals surface area contributed by atoms with Crippen molar-refractivity contribution < 1.29 is 4.74 Å². The van der Waals surface area contributed by atoms with Crippen LogP contribution >= 0.6 is 0 Å². The average molecular weight is 207 g/mol. The number of hydrogen-bond acceptors (Lipinski definition) is 7. The van der Waals surface area contributed by atoms with Crippen molar-refractivity contribution >= 4 is 5.95 Å². The number of rotatable bonds is 3. The lowest BCUT2D eigenvalue weighted by Gasteiger charge is -2.01. The Bertz CT molecular complexity index is 454. The number of hydrazine groups is 1. The van der Waals surface area contributed by atoms with Gasteiger partial charge in [-0.1, -0.05) is 0 Å². The fourth-order valence-electron chi connectivity index (χ4n) is 0.928. The molecule has 2 aromatic heterocycles. The van der Waals surface area contributed by atoms with Crippen LogP contribution in [0.15, 0.2) is 18.6 Å².